The average Bonchev–Trinajstić information content (AvgIpc) is 2.89. The fraction of sp³-hybridized carbons (Fsp3) is 0.455. The molecule has 0 unspecified atom stereocenters. The monoisotopic (exact) mass is 179 g/mol. The van der Waals surface area contributed by atoms with Crippen LogP contribution >= 0.6 is 0 Å². The molecule has 1 saturated carbocycles. The molecule has 70 valence electrons. The maximum Gasteiger partial charge on any atom is 0.126 e. The van der Waals surface area contributed by atoms with Gasteiger partial charge in [0.15, 0.2) is 0 Å². The quantitative estimate of drug-likeness (QED) is 0.734. The molecule has 0 heterocycles. The van der Waals surface area contributed by atoms with Crippen LogP contribution in [0.3, 0.4) is 0 Å². The Balaban J connectivity index is 2.27. The first kappa shape index (κ1) is 8.70. The number of likely N-dealkylation sites (N-methyl/N-ethyl adjacent to an activating group) is 1. The van der Waals surface area contributed by atoms with Crippen LogP contribution in [-0.2, 0) is 0 Å². The first-order valence-electron chi connectivity index (χ1n) is 4.66. The van der Waals surface area contributed by atoms with Gasteiger partial charge >= 0.3 is 0 Å². The molecule has 2 heteroatoms. The van der Waals surface area contributed by atoms with Gasteiger partial charge in [-0.3, -0.25) is 0 Å². The normalized spacial score (nSPS) is 26.1. The summed E-state index contributed by atoms with van der Waals surface area (Å²) in [5, 5.41) is 3.21. The number of hydrogen-bond donors (Lipinski definition) is 1. The molecule has 1 aromatic carbocycles. The van der Waals surface area contributed by atoms with Crippen LogP contribution in [-0.4, -0.2) is 13.1 Å². The van der Waals surface area contributed by atoms with Gasteiger partial charge in [0.25, 0.3) is 0 Å². The number of halogens is 1. The minimum absolute atomic E-state index is 0.0840. The minimum atomic E-state index is -0.0840. The van der Waals surface area contributed by atoms with Crippen LogP contribution in [0.2, 0.25) is 0 Å². The van der Waals surface area contributed by atoms with Crippen molar-refractivity contribution in [3.63, 3.8) is 0 Å². The second kappa shape index (κ2) is 3.11. The zero-order valence-corrected chi connectivity index (χ0v) is 7.97. The summed E-state index contributed by atoms with van der Waals surface area (Å²) in [6, 6.07) is 5.90. The van der Waals surface area contributed by atoms with Crippen LogP contribution in [0.5, 0.6) is 0 Å². The van der Waals surface area contributed by atoms with E-state index in [-0.39, 0.29) is 5.82 Å². The molecule has 0 aliphatic heterocycles. The Kier molecular flexibility index (Phi) is 2.08. The maximum atomic E-state index is 13.2. The predicted octanol–water partition coefficient (Wildman–Crippen LogP) is 2.21. The lowest BCUT2D eigenvalue weighted by Crippen LogP contribution is -2.10. The molecule has 0 saturated heterocycles. The van der Waals surface area contributed by atoms with Crippen molar-refractivity contribution in [2.45, 2.75) is 25.3 Å². The van der Waals surface area contributed by atoms with E-state index in [2.05, 4.69) is 5.32 Å². The van der Waals surface area contributed by atoms with E-state index in [1.807, 2.05) is 20.0 Å². The zero-order valence-electron chi connectivity index (χ0n) is 7.97. The number of rotatable bonds is 2. The summed E-state index contributed by atoms with van der Waals surface area (Å²) in [7, 11) is 1.96. The van der Waals surface area contributed by atoms with Gasteiger partial charge in [0, 0.05) is 12.0 Å². The van der Waals surface area contributed by atoms with Crippen molar-refractivity contribution in [1.82, 2.24) is 5.32 Å². The largest absolute Gasteiger partial charge is 0.316 e. The summed E-state index contributed by atoms with van der Waals surface area (Å²) in [6.07, 6.45) is 1.14. The van der Waals surface area contributed by atoms with Gasteiger partial charge < -0.3 is 5.32 Å². The van der Waals surface area contributed by atoms with Crippen LogP contribution in [0.15, 0.2) is 18.2 Å². The lowest BCUT2D eigenvalue weighted by atomic mass is 10.0. The van der Waals surface area contributed by atoms with Crippen LogP contribution in [0.25, 0.3) is 0 Å². The molecule has 13 heavy (non-hydrogen) atoms. The standard InChI is InChI=1S/C11H14FN/c1-7-8(4-3-5-10(7)12)9-6-11(9)13-2/h3-5,9,11,13H,6H2,1-2H3/t9-,11+/m0/s1. The van der Waals surface area contributed by atoms with Gasteiger partial charge in [-0.05, 0) is 37.6 Å². The number of nitrogens with one attached hydrogen (secondary N) is 1. The molecule has 0 aromatic heterocycles. The van der Waals surface area contributed by atoms with E-state index in [9.17, 15) is 4.39 Å². The molecule has 0 spiro atoms. The fourth-order valence-electron chi connectivity index (χ4n) is 1.88. The van der Waals surface area contributed by atoms with Crippen molar-refractivity contribution in [3.05, 3.63) is 35.1 Å². The van der Waals surface area contributed by atoms with Crippen molar-refractivity contribution in [2.24, 2.45) is 0 Å². The van der Waals surface area contributed by atoms with Gasteiger partial charge in [-0.15, -0.1) is 0 Å². The summed E-state index contributed by atoms with van der Waals surface area (Å²) >= 11 is 0. The van der Waals surface area contributed by atoms with Crippen molar-refractivity contribution >= 4 is 0 Å². The van der Waals surface area contributed by atoms with Crippen LogP contribution < -0.4 is 5.32 Å². The molecule has 0 amide bonds. The van der Waals surface area contributed by atoms with Gasteiger partial charge in [0.1, 0.15) is 5.82 Å². The first-order chi connectivity index (χ1) is 6.24. The first-order valence-corrected chi connectivity index (χ1v) is 4.66. The molecule has 1 fully saturated rings. The molecular weight excluding hydrogens is 165 g/mol. The molecule has 1 aromatic rings. The zero-order chi connectivity index (χ0) is 9.42. The van der Waals surface area contributed by atoms with E-state index >= 15 is 0 Å². The number of benzene rings is 1. The lowest BCUT2D eigenvalue weighted by molar-refractivity contribution is 0.614. The smallest absolute Gasteiger partial charge is 0.126 e. The molecule has 0 bridgehead atoms. The third-order valence-electron chi connectivity index (χ3n) is 2.87. The average molecular weight is 179 g/mol. The van der Waals surface area contributed by atoms with Gasteiger partial charge in [-0.25, -0.2) is 4.39 Å². The van der Waals surface area contributed by atoms with Gasteiger partial charge in [0.05, 0.1) is 0 Å². The van der Waals surface area contributed by atoms with Gasteiger partial charge in [0.2, 0.25) is 0 Å². The highest BCUT2D eigenvalue weighted by Gasteiger charge is 2.37. The molecule has 1 N–H and O–H groups in total. The maximum absolute atomic E-state index is 13.2. The van der Waals surface area contributed by atoms with Gasteiger partial charge in [-0.1, -0.05) is 12.1 Å². The van der Waals surface area contributed by atoms with E-state index in [1.165, 1.54) is 11.6 Å². The third-order valence-corrected chi connectivity index (χ3v) is 2.87. The molecule has 1 nitrogen and oxygen atoms in total. The topological polar surface area (TPSA) is 12.0 Å². The summed E-state index contributed by atoms with van der Waals surface area (Å²) in [5.41, 5.74) is 1.98. The second-order valence-electron chi connectivity index (χ2n) is 3.69. The van der Waals surface area contributed by atoms with Crippen molar-refractivity contribution in [1.29, 1.82) is 0 Å². The molecule has 1 aliphatic rings. The highest BCUT2D eigenvalue weighted by Crippen LogP contribution is 2.42. The fourth-order valence-corrected chi connectivity index (χ4v) is 1.88. The van der Waals surface area contributed by atoms with Crippen molar-refractivity contribution in [2.75, 3.05) is 7.05 Å². The van der Waals surface area contributed by atoms with E-state index in [1.54, 1.807) is 6.07 Å². The Hall–Kier alpha value is -0.890. The van der Waals surface area contributed by atoms with E-state index in [0.29, 0.717) is 12.0 Å². The van der Waals surface area contributed by atoms with E-state index in [4.69, 9.17) is 0 Å². The Morgan fingerprint density at radius 3 is 2.85 bits per heavy atom. The summed E-state index contributed by atoms with van der Waals surface area (Å²) < 4.78 is 13.2. The van der Waals surface area contributed by atoms with Gasteiger partial charge in [-0.2, -0.15) is 0 Å². The highest BCUT2D eigenvalue weighted by atomic mass is 19.1. The Morgan fingerprint density at radius 2 is 2.23 bits per heavy atom. The molecular formula is C11H14FN. The highest BCUT2D eigenvalue weighted by molar-refractivity contribution is 5.35. The van der Waals surface area contributed by atoms with Crippen molar-refractivity contribution < 1.29 is 4.39 Å². The van der Waals surface area contributed by atoms with Crippen LogP contribution in [0.1, 0.15) is 23.5 Å². The number of hydrogen-bond acceptors (Lipinski definition) is 1. The molecule has 2 atom stereocenters. The third kappa shape index (κ3) is 1.46. The van der Waals surface area contributed by atoms with Crippen LogP contribution in [0.4, 0.5) is 4.39 Å². The summed E-state index contributed by atoms with van der Waals surface area (Å²) in [5.74, 6) is 0.444. The predicted molar refractivity (Wildman–Crippen MR) is 51.3 cm³/mol. The Morgan fingerprint density at radius 1 is 1.46 bits per heavy atom. The molecule has 1 aliphatic carbocycles. The Bertz CT molecular complexity index is 322. The summed E-state index contributed by atoms with van der Waals surface area (Å²) in [4.78, 5) is 0. The molecule has 2 rings (SSSR count). The van der Waals surface area contributed by atoms with E-state index in [0.717, 1.165) is 12.0 Å². The van der Waals surface area contributed by atoms with Crippen LogP contribution in [0, 0.1) is 12.7 Å². The minimum Gasteiger partial charge on any atom is -0.316 e. The molecule has 0 radical (unpaired) electrons. The SMILES string of the molecule is CN[C@@H]1C[C@H]1c1cccc(F)c1C. The van der Waals surface area contributed by atoms with E-state index < -0.39 is 0 Å². The summed E-state index contributed by atoms with van der Waals surface area (Å²) in [6.45, 7) is 1.86. The Labute approximate surface area is 78.0 Å². The van der Waals surface area contributed by atoms with Crippen molar-refractivity contribution in [3.8, 4) is 0 Å². The lowest BCUT2D eigenvalue weighted by Gasteiger charge is -2.05. The second-order valence-corrected chi connectivity index (χ2v) is 3.69.